The maximum absolute atomic E-state index is 12.7. The van der Waals surface area contributed by atoms with Gasteiger partial charge in [0.05, 0.1) is 15.8 Å². The van der Waals surface area contributed by atoms with E-state index in [-0.39, 0.29) is 5.63 Å². The number of anilines is 1. The molecule has 4 heterocycles. The predicted molar refractivity (Wildman–Crippen MR) is 113 cm³/mol. The first-order valence-corrected chi connectivity index (χ1v) is 10.1. The molecular formula is C21H20N4O2S. The van der Waals surface area contributed by atoms with Gasteiger partial charge in [-0.3, -0.25) is 0 Å². The Kier molecular flexibility index (Phi) is 4.14. The van der Waals surface area contributed by atoms with E-state index in [9.17, 15) is 4.79 Å². The van der Waals surface area contributed by atoms with E-state index in [0.717, 1.165) is 53.2 Å². The summed E-state index contributed by atoms with van der Waals surface area (Å²) >= 11 is 1.51. The zero-order valence-electron chi connectivity index (χ0n) is 15.8. The Labute approximate surface area is 166 Å². The molecule has 5 rings (SSSR count). The summed E-state index contributed by atoms with van der Waals surface area (Å²) in [5, 5.41) is 1.49. The second-order valence-electron chi connectivity index (χ2n) is 7.26. The molecule has 6 nitrogen and oxygen atoms in total. The van der Waals surface area contributed by atoms with Gasteiger partial charge >= 0.3 is 5.63 Å². The summed E-state index contributed by atoms with van der Waals surface area (Å²) in [6, 6.07) is 9.77. The average molecular weight is 392 g/mol. The van der Waals surface area contributed by atoms with Crippen molar-refractivity contribution < 1.29 is 4.42 Å². The van der Waals surface area contributed by atoms with Crippen molar-refractivity contribution in [2.45, 2.75) is 6.92 Å². The molecule has 1 aromatic carbocycles. The Hall–Kier alpha value is -2.77. The minimum atomic E-state index is -0.361. The molecule has 0 atom stereocenters. The molecule has 0 N–H and O–H groups in total. The first kappa shape index (κ1) is 17.3. The van der Waals surface area contributed by atoms with Gasteiger partial charge in [-0.05, 0) is 31.7 Å². The van der Waals surface area contributed by atoms with Gasteiger partial charge in [-0.2, -0.15) is 0 Å². The lowest BCUT2D eigenvalue weighted by molar-refractivity contribution is 0.312. The molecule has 0 radical (unpaired) electrons. The lowest BCUT2D eigenvalue weighted by atomic mass is 10.2. The molecule has 1 saturated heterocycles. The van der Waals surface area contributed by atoms with Gasteiger partial charge in [0, 0.05) is 43.8 Å². The number of nitrogens with zero attached hydrogens (tertiary/aromatic N) is 4. The van der Waals surface area contributed by atoms with Crippen molar-refractivity contribution in [1.29, 1.82) is 0 Å². The Balaban J connectivity index is 1.56. The van der Waals surface area contributed by atoms with Crippen LogP contribution in [-0.4, -0.2) is 48.1 Å². The quantitative estimate of drug-likeness (QED) is 0.520. The smallest absolute Gasteiger partial charge is 0.346 e. The minimum Gasteiger partial charge on any atom is -0.422 e. The number of fused-ring (bicyclic) bond motifs is 2. The van der Waals surface area contributed by atoms with Gasteiger partial charge in [-0.15, -0.1) is 11.3 Å². The van der Waals surface area contributed by atoms with Crippen LogP contribution in [0.2, 0.25) is 0 Å². The van der Waals surface area contributed by atoms with Crippen LogP contribution in [0.25, 0.3) is 31.8 Å². The fraction of sp³-hybridized carbons (Fsp3) is 0.286. The Morgan fingerprint density at radius 3 is 2.75 bits per heavy atom. The number of pyridine rings is 1. The molecule has 4 aromatic rings. The van der Waals surface area contributed by atoms with Crippen LogP contribution >= 0.6 is 11.3 Å². The second kappa shape index (κ2) is 6.68. The minimum absolute atomic E-state index is 0.361. The molecule has 1 aliphatic heterocycles. The van der Waals surface area contributed by atoms with Crippen molar-refractivity contribution in [3.63, 3.8) is 0 Å². The highest BCUT2D eigenvalue weighted by molar-refractivity contribution is 7.21. The van der Waals surface area contributed by atoms with Gasteiger partial charge in [-0.1, -0.05) is 12.1 Å². The molecule has 142 valence electrons. The van der Waals surface area contributed by atoms with E-state index < -0.39 is 0 Å². The number of thiazole rings is 1. The molecule has 1 fully saturated rings. The Morgan fingerprint density at radius 1 is 1.14 bits per heavy atom. The van der Waals surface area contributed by atoms with Crippen LogP contribution in [0, 0.1) is 6.92 Å². The molecule has 0 unspecified atom stereocenters. The van der Waals surface area contributed by atoms with E-state index in [1.807, 2.05) is 37.3 Å². The zero-order valence-corrected chi connectivity index (χ0v) is 16.6. The van der Waals surface area contributed by atoms with Gasteiger partial charge < -0.3 is 14.2 Å². The van der Waals surface area contributed by atoms with E-state index in [1.165, 1.54) is 11.3 Å². The monoisotopic (exact) mass is 392 g/mol. The number of para-hydroxylation sites is 1. The average Bonchev–Trinajstić information content (AvgIpc) is 3.13. The maximum Gasteiger partial charge on any atom is 0.346 e. The van der Waals surface area contributed by atoms with Crippen molar-refractivity contribution in [2.24, 2.45) is 0 Å². The zero-order chi connectivity index (χ0) is 19.3. The summed E-state index contributed by atoms with van der Waals surface area (Å²) in [5.41, 5.74) is 2.73. The van der Waals surface area contributed by atoms with E-state index >= 15 is 0 Å². The molecule has 0 amide bonds. The Morgan fingerprint density at radius 2 is 1.96 bits per heavy atom. The van der Waals surface area contributed by atoms with Crippen molar-refractivity contribution >= 4 is 38.3 Å². The summed E-state index contributed by atoms with van der Waals surface area (Å²) < 4.78 is 6.73. The van der Waals surface area contributed by atoms with Crippen LogP contribution in [-0.2, 0) is 0 Å². The Bertz CT molecular complexity index is 1240. The molecule has 3 aromatic heterocycles. The third kappa shape index (κ3) is 2.96. The van der Waals surface area contributed by atoms with Crippen LogP contribution < -0.4 is 10.5 Å². The number of piperazine rings is 1. The molecule has 0 spiro atoms. The standard InChI is InChI=1S/C21H20N4O2S/c1-13-4-3-5-17-19(13)23-20(28-17)15-10-14-12-22-18(11-16(14)27-21(15)26)25-8-6-24(2)7-9-25/h3-5,10-12H,6-9H2,1-2H3. The largest absolute Gasteiger partial charge is 0.422 e. The summed E-state index contributed by atoms with van der Waals surface area (Å²) in [5.74, 6) is 0.854. The third-order valence-electron chi connectivity index (χ3n) is 5.28. The lowest BCUT2D eigenvalue weighted by Gasteiger charge is -2.33. The number of hydrogen-bond acceptors (Lipinski definition) is 7. The van der Waals surface area contributed by atoms with Crippen molar-refractivity contribution in [3.05, 3.63) is 52.5 Å². The number of hydrogen-bond donors (Lipinski definition) is 0. The van der Waals surface area contributed by atoms with Crippen LogP contribution in [0.4, 0.5) is 5.82 Å². The van der Waals surface area contributed by atoms with Crippen LogP contribution in [0.5, 0.6) is 0 Å². The van der Waals surface area contributed by atoms with Crippen LogP contribution in [0.1, 0.15) is 5.56 Å². The summed E-state index contributed by atoms with van der Waals surface area (Å²) in [4.78, 5) is 26.5. The SMILES string of the molecule is Cc1cccc2sc(-c3cc4cnc(N5CCN(C)CC5)cc4oc3=O)nc12. The molecule has 0 saturated carbocycles. The third-order valence-corrected chi connectivity index (χ3v) is 6.34. The number of aromatic nitrogens is 2. The van der Waals surface area contributed by atoms with Crippen LogP contribution in [0.15, 0.2) is 45.7 Å². The summed E-state index contributed by atoms with van der Waals surface area (Å²) in [6.07, 6.45) is 1.79. The number of rotatable bonds is 2. The van der Waals surface area contributed by atoms with Gasteiger partial charge in [0.25, 0.3) is 0 Å². The fourth-order valence-corrected chi connectivity index (χ4v) is 4.61. The molecule has 7 heteroatoms. The fourth-order valence-electron chi connectivity index (χ4n) is 3.56. The maximum atomic E-state index is 12.7. The molecule has 28 heavy (non-hydrogen) atoms. The normalized spacial score (nSPS) is 15.6. The van der Waals surface area contributed by atoms with Crippen molar-refractivity contribution in [2.75, 3.05) is 38.1 Å². The van der Waals surface area contributed by atoms with Gasteiger partial charge in [0.2, 0.25) is 0 Å². The topological polar surface area (TPSA) is 62.5 Å². The number of aryl methyl sites for hydroxylation is 1. The van der Waals surface area contributed by atoms with Crippen molar-refractivity contribution in [1.82, 2.24) is 14.9 Å². The molecule has 0 aliphatic carbocycles. The van der Waals surface area contributed by atoms with Gasteiger partial charge in [-0.25, -0.2) is 14.8 Å². The van der Waals surface area contributed by atoms with Gasteiger partial charge in [0.15, 0.2) is 0 Å². The first-order chi connectivity index (χ1) is 13.6. The van der Waals surface area contributed by atoms with E-state index in [0.29, 0.717) is 16.2 Å². The molecule has 1 aliphatic rings. The highest BCUT2D eigenvalue weighted by atomic mass is 32.1. The number of benzene rings is 1. The van der Waals surface area contributed by atoms with E-state index in [2.05, 4.69) is 26.8 Å². The highest BCUT2D eigenvalue weighted by Crippen LogP contribution is 2.31. The summed E-state index contributed by atoms with van der Waals surface area (Å²) in [7, 11) is 2.12. The van der Waals surface area contributed by atoms with Crippen LogP contribution in [0.3, 0.4) is 0 Å². The van der Waals surface area contributed by atoms with Gasteiger partial charge in [0.1, 0.15) is 16.4 Å². The lowest BCUT2D eigenvalue weighted by Crippen LogP contribution is -2.44. The molecule has 0 bridgehead atoms. The second-order valence-corrected chi connectivity index (χ2v) is 8.29. The van der Waals surface area contributed by atoms with E-state index in [1.54, 1.807) is 6.20 Å². The van der Waals surface area contributed by atoms with Crippen molar-refractivity contribution in [3.8, 4) is 10.6 Å². The first-order valence-electron chi connectivity index (χ1n) is 9.32. The molecular weight excluding hydrogens is 372 g/mol. The highest BCUT2D eigenvalue weighted by Gasteiger charge is 2.18. The van der Waals surface area contributed by atoms with E-state index in [4.69, 9.17) is 4.42 Å². The predicted octanol–water partition coefficient (Wildman–Crippen LogP) is 3.52. The number of likely N-dealkylation sites (N-methyl/N-ethyl adjacent to an activating group) is 1. The summed E-state index contributed by atoms with van der Waals surface area (Å²) in [6.45, 7) is 5.86.